The van der Waals surface area contributed by atoms with Crippen LogP contribution in [0.15, 0.2) is 55.3 Å². The molecule has 4 rings (SSSR count). The van der Waals surface area contributed by atoms with Gasteiger partial charge in [-0.3, -0.25) is 9.59 Å². The molecule has 0 unspecified atom stereocenters. The van der Waals surface area contributed by atoms with Crippen LogP contribution in [-0.2, 0) is 11.2 Å². The number of benzene rings is 2. The topological polar surface area (TPSA) is 76.0 Å². The molecule has 3 aromatic rings. The summed E-state index contributed by atoms with van der Waals surface area (Å²) in [6.07, 6.45) is 3.72. The third-order valence-corrected chi connectivity index (χ3v) is 4.90. The molecule has 1 aromatic heterocycles. The number of carbonyl (C=O) groups is 2. The van der Waals surface area contributed by atoms with Crippen molar-refractivity contribution in [1.82, 2.24) is 15.1 Å². The third kappa shape index (κ3) is 3.54. The predicted octanol–water partition coefficient (Wildman–Crippen LogP) is 3.40. The molecule has 0 spiro atoms. The number of hydrogen-bond acceptors (Lipinski definition) is 3. The molecule has 2 amide bonds. The van der Waals surface area contributed by atoms with E-state index in [4.69, 9.17) is 0 Å². The molecule has 0 atom stereocenters. The van der Waals surface area contributed by atoms with E-state index in [1.54, 1.807) is 10.7 Å². The Bertz CT molecular complexity index is 1150. The molecule has 2 heterocycles. The lowest BCUT2D eigenvalue weighted by atomic mass is 9.95. The van der Waals surface area contributed by atoms with Crippen LogP contribution in [0.4, 0.5) is 10.1 Å². The van der Waals surface area contributed by atoms with Crippen molar-refractivity contribution in [2.75, 3.05) is 11.9 Å². The molecule has 2 aromatic carbocycles. The maximum Gasteiger partial charge on any atom is 0.251 e. The van der Waals surface area contributed by atoms with E-state index in [2.05, 4.69) is 22.3 Å². The average Bonchev–Trinajstić information content (AvgIpc) is 3.11. The Morgan fingerprint density at radius 1 is 1.28 bits per heavy atom. The third-order valence-electron chi connectivity index (χ3n) is 4.90. The Morgan fingerprint density at radius 2 is 2.10 bits per heavy atom. The van der Waals surface area contributed by atoms with Crippen LogP contribution in [0, 0.1) is 12.7 Å². The van der Waals surface area contributed by atoms with Gasteiger partial charge >= 0.3 is 0 Å². The van der Waals surface area contributed by atoms with Gasteiger partial charge in [0.15, 0.2) is 0 Å². The molecular formula is C22H19FN4O2. The van der Waals surface area contributed by atoms with Crippen LogP contribution in [0.2, 0.25) is 0 Å². The van der Waals surface area contributed by atoms with Crippen LogP contribution in [0.25, 0.3) is 16.8 Å². The van der Waals surface area contributed by atoms with Crippen molar-refractivity contribution < 1.29 is 14.0 Å². The standard InChI is InChI=1S/C22H19FN4O2/c1-3-21(28)25-20-11-16(5-7-19(20)23)27-12-18(13(2)26-27)14-4-6-17-15(10-14)8-9-24-22(17)29/h3-7,10-12H,1,8-9H2,2H3,(H,24,29)(H,25,28). The number of amides is 2. The molecule has 0 saturated carbocycles. The van der Waals surface area contributed by atoms with Crippen molar-refractivity contribution in [1.29, 1.82) is 0 Å². The van der Waals surface area contributed by atoms with Crippen LogP contribution in [0.5, 0.6) is 0 Å². The minimum absolute atomic E-state index is 0.0503. The van der Waals surface area contributed by atoms with Crippen molar-refractivity contribution >= 4 is 17.5 Å². The molecule has 1 aliphatic heterocycles. The van der Waals surface area contributed by atoms with E-state index in [9.17, 15) is 14.0 Å². The van der Waals surface area contributed by atoms with E-state index < -0.39 is 11.7 Å². The van der Waals surface area contributed by atoms with Gasteiger partial charge in [-0.05, 0) is 54.8 Å². The number of hydrogen-bond donors (Lipinski definition) is 2. The molecule has 0 saturated heterocycles. The summed E-state index contributed by atoms with van der Waals surface area (Å²) in [5.41, 5.74) is 5.05. The summed E-state index contributed by atoms with van der Waals surface area (Å²) in [6.45, 7) is 5.89. The van der Waals surface area contributed by atoms with Gasteiger partial charge in [-0.1, -0.05) is 18.7 Å². The monoisotopic (exact) mass is 390 g/mol. The molecule has 0 fully saturated rings. The summed E-state index contributed by atoms with van der Waals surface area (Å²) in [5, 5.41) is 9.83. The first-order valence-electron chi connectivity index (χ1n) is 9.17. The van der Waals surface area contributed by atoms with Gasteiger partial charge in [0.1, 0.15) is 5.82 Å². The zero-order chi connectivity index (χ0) is 20.5. The fourth-order valence-electron chi connectivity index (χ4n) is 3.41. The van der Waals surface area contributed by atoms with Crippen LogP contribution in [-0.4, -0.2) is 28.1 Å². The second-order valence-electron chi connectivity index (χ2n) is 6.81. The first kappa shape index (κ1) is 18.6. The molecule has 7 heteroatoms. The first-order valence-corrected chi connectivity index (χ1v) is 9.17. The van der Waals surface area contributed by atoms with Crippen molar-refractivity contribution in [2.45, 2.75) is 13.3 Å². The number of rotatable bonds is 4. The fraction of sp³-hybridized carbons (Fsp3) is 0.136. The van der Waals surface area contributed by atoms with E-state index in [1.807, 2.05) is 31.3 Å². The average molecular weight is 390 g/mol. The molecule has 0 aliphatic carbocycles. The molecule has 0 bridgehead atoms. The van der Waals surface area contributed by atoms with E-state index in [1.165, 1.54) is 12.1 Å². The second kappa shape index (κ2) is 7.35. The van der Waals surface area contributed by atoms with Crippen LogP contribution >= 0.6 is 0 Å². The van der Waals surface area contributed by atoms with E-state index in [-0.39, 0.29) is 11.6 Å². The number of nitrogens with zero attached hydrogens (tertiary/aromatic N) is 2. The lowest BCUT2D eigenvalue weighted by Gasteiger charge is -2.17. The van der Waals surface area contributed by atoms with Crippen LogP contribution < -0.4 is 10.6 Å². The van der Waals surface area contributed by atoms with Gasteiger partial charge in [-0.2, -0.15) is 5.10 Å². The highest BCUT2D eigenvalue weighted by atomic mass is 19.1. The van der Waals surface area contributed by atoms with Crippen molar-refractivity contribution in [3.8, 4) is 16.8 Å². The molecule has 6 nitrogen and oxygen atoms in total. The number of aryl methyl sites for hydroxylation is 1. The van der Waals surface area contributed by atoms with Gasteiger partial charge in [0.2, 0.25) is 5.91 Å². The predicted molar refractivity (Wildman–Crippen MR) is 109 cm³/mol. The Kier molecular flexibility index (Phi) is 4.72. The zero-order valence-corrected chi connectivity index (χ0v) is 15.8. The van der Waals surface area contributed by atoms with E-state index in [0.29, 0.717) is 17.8 Å². The first-order chi connectivity index (χ1) is 14.0. The zero-order valence-electron chi connectivity index (χ0n) is 15.8. The molecule has 1 aliphatic rings. The summed E-state index contributed by atoms with van der Waals surface area (Å²) in [4.78, 5) is 23.5. The molecule has 0 radical (unpaired) electrons. The number of carbonyl (C=O) groups excluding carboxylic acids is 2. The van der Waals surface area contributed by atoms with Gasteiger partial charge in [-0.15, -0.1) is 0 Å². The Hall–Kier alpha value is -3.74. The maximum atomic E-state index is 14.0. The largest absolute Gasteiger partial charge is 0.352 e. The van der Waals surface area contributed by atoms with Gasteiger partial charge < -0.3 is 10.6 Å². The summed E-state index contributed by atoms with van der Waals surface area (Å²) < 4.78 is 15.7. The van der Waals surface area contributed by atoms with Crippen LogP contribution in [0.1, 0.15) is 21.6 Å². The minimum atomic E-state index is -0.541. The van der Waals surface area contributed by atoms with Crippen molar-refractivity contribution in [2.24, 2.45) is 0 Å². The molecule has 29 heavy (non-hydrogen) atoms. The number of nitrogens with one attached hydrogen (secondary N) is 2. The van der Waals surface area contributed by atoms with Gasteiger partial charge in [0, 0.05) is 23.9 Å². The summed E-state index contributed by atoms with van der Waals surface area (Å²) in [5.74, 6) is -1.08. The van der Waals surface area contributed by atoms with Crippen LogP contribution in [0.3, 0.4) is 0 Å². The smallest absolute Gasteiger partial charge is 0.251 e. The lowest BCUT2D eigenvalue weighted by molar-refractivity contribution is -0.111. The number of anilines is 1. The number of aromatic nitrogens is 2. The van der Waals surface area contributed by atoms with E-state index in [0.717, 1.165) is 34.9 Å². The highest BCUT2D eigenvalue weighted by Crippen LogP contribution is 2.28. The van der Waals surface area contributed by atoms with Gasteiger partial charge in [0.25, 0.3) is 5.91 Å². The highest BCUT2D eigenvalue weighted by Gasteiger charge is 2.18. The Morgan fingerprint density at radius 3 is 2.90 bits per heavy atom. The Labute approximate surface area is 167 Å². The normalized spacial score (nSPS) is 12.8. The molecule has 146 valence electrons. The fourth-order valence-corrected chi connectivity index (χ4v) is 3.41. The number of halogens is 1. The highest BCUT2D eigenvalue weighted by molar-refractivity contribution is 5.99. The summed E-state index contributed by atoms with van der Waals surface area (Å²) in [7, 11) is 0. The van der Waals surface area contributed by atoms with Crippen molar-refractivity contribution in [3.63, 3.8) is 0 Å². The summed E-state index contributed by atoms with van der Waals surface area (Å²) >= 11 is 0. The quantitative estimate of drug-likeness (QED) is 0.671. The minimum Gasteiger partial charge on any atom is -0.352 e. The Balaban J connectivity index is 1.70. The lowest BCUT2D eigenvalue weighted by Crippen LogP contribution is -2.31. The summed E-state index contributed by atoms with van der Waals surface area (Å²) in [6, 6.07) is 10.1. The molecule has 2 N–H and O–H groups in total. The SMILES string of the molecule is C=CC(=O)Nc1cc(-n2cc(-c3ccc4c(c3)CCNC4=O)c(C)n2)ccc1F. The van der Waals surface area contributed by atoms with Crippen molar-refractivity contribution in [3.05, 3.63) is 77.9 Å². The second-order valence-corrected chi connectivity index (χ2v) is 6.81. The van der Waals surface area contributed by atoms with Gasteiger partial charge in [0.05, 0.1) is 17.1 Å². The molecular weight excluding hydrogens is 371 g/mol. The van der Waals surface area contributed by atoms with Gasteiger partial charge in [-0.25, -0.2) is 9.07 Å². The maximum absolute atomic E-state index is 14.0. The number of fused-ring (bicyclic) bond motifs is 1. The van der Waals surface area contributed by atoms with E-state index >= 15 is 0 Å².